The number of hydrogen-bond acceptors (Lipinski definition) is 3. The fourth-order valence-corrected chi connectivity index (χ4v) is 1.45. The topological polar surface area (TPSA) is 76.2 Å². The van der Waals surface area contributed by atoms with E-state index in [-0.39, 0.29) is 17.1 Å². The van der Waals surface area contributed by atoms with Crippen LogP contribution in [0.4, 0.5) is 5.69 Å². The average Bonchev–Trinajstić information content (AvgIpc) is 1.98. The van der Waals surface area contributed by atoms with Crippen molar-refractivity contribution in [2.24, 2.45) is 0 Å². The minimum Gasteiger partial charge on any atom is -0.481 e. The molecule has 0 aromatic carbocycles. The first kappa shape index (κ1) is 10.3. The number of carbonyl (C=O) groups is 1. The first-order chi connectivity index (χ1) is 6.00. The maximum atomic E-state index is 10.4. The number of halogens is 2. The quantitative estimate of drug-likeness (QED) is 0.798. The number of pyridine rings is 1. The molecular formula is C7H6BrClN2O2. The highest BCUT2D eigenvalue weighted by atomic mass is 79.9. The zero-order valence-electron chi connectivity index (χ0n) is 6.42. The Morgan fingerprint density at radius 1 is 1.77 bits per heavy atom. The number of carboxylic acid groups (broad SMARTS) is 1. The Hall–Kier alpha value is -0.810. The lowest BCUT2D eigenvalue weighted by molar-refractivity contribution is -0.136. The van der Waals surface area contributed by atoms with Crippen molar-refractivity contribution >= 4 is 39.2 Å². The van der Waals surface area contributed by atoms with Crippen molar-refractivity contribution < 1.29 is 9.90 Å². The van der Waals surface area contributed by atoms with E-state index in [0.717, 1.165) is 0 Å². The maximum absolute atomic E-state index is 10.4. The van der Waals surface area contributed by atoms with Crippen LogP contribution in [0, 0.1) is 0 Å². The van der Waals surface area contributed by atoms with E-state index in [1.165, 1.54) is 6.07 Å². The lowest BCUT2D eigenvalue weighted by Crippen LogP contribution is -2.04. The second-order valence-corrected chi connectivity index (χ2v) is 3.56. The predicted octanol–water partition coefficient (Wildman–Crippen LogP) is 1.71. The van der Waals surface area contributed by atoms with Gasteiger partial charge in [0.05, 0.1) is 22.8 Å². The SMILES string of the molecule is Nc1cc(Br)nc(CC(=O)O)c1Cl. The van der Waals surface area contributed by atoms with Crippen molar-refractivity contribution in [1.29, 1.82) is 0 Å². The van der Waals surface area contributed by atoms with Crippen LogP contribution in [0.2, 0.25) is 5.02 Å². The minimum absolute atomic E-state index is 0.200. The number of rotatable bonds is 2. The lowest BCUT2D eigenvalue weighted by Gasteiger charge is -2.03. The van der Waals surface area contributed by atoms with Gasteiger partial charge in [-0.1, -0.05) is 11.6 Å². The molecule has 1 aromatic heterocycles. The summed E-state index contributed by atoms with van der Waals surface area (Å²) >= 11 is 8.83. The molecule has 1 heterocycles. The molecule has 0 amide bonds. The molecule has 0 saturated carbocycles. The van der Waals surface area contributed by atoms with Gasteiger partial charge in [-0.3, -0.25) is 4.79 Å². The summed E-state index contributed by atoms with van der Waals surface area (Å²) in [5, 5.41) is 8.72. The van der Waals surface area contributed by atoms with E-state index >= 15 is 0 Å². The molecule has 0 atom stereocenters. The third-order valence-corrected chi connectivity index (χ3v) is 2.18. The largest absolute Gasteiger partial charge is 0.481 e. The van der Waals surface area contributed by atoms with Gasteiger partial charge in [-0.2, -0.15) is 0 Å². The van der Waals surface area contributed by atoms with Gasteiger partial charge in [0.15, 0.2) is 0 Å². The van der Waals surface area contributed by atoms with Gasteiger partial charge in [0.1, 0.15) is 4.60 Å². The van der Waals surface area contributed by atoms with Crippen LogP contribution in [0.15, 0.2) is 10.7 Å². The summed E-state index contributed by atoms with van der Waals surface area (Å²) in [6, 6.07) is 1.52. The average molecular weight is 265 g/mol. The number of aromatic nitrogens is 1. The standard InChI is InChI=1S/C7H6BrClN2O2/c8-5-1-3(10)7(9)4(11-5)2-6(12)13/h1H,2H2,(H2,10,11)(H,12,13). The molecular weight excluding hydrogens is 259 g/mol. The Morgan fingerprint density at radius 2 is 2.38 bits per heavy atom. The highest BCUT2D eigenvalue weighted by molar-refractivity contribution is 9.10. The van der Waals surface area contributed by atoms with Crippen molar-refractivity contribution in [1.82, 2.24) is 4.98 Å². The summed E-state index contributed by atoms with van der Waals surface area (Å²) in [5.74, 6) is -0.994. The summed E-state index contributed by atoms with van der Waals surface area (Å²) in [6.07, 6.45) is -0.234. The van der Waals surface area contributed by atoms with Gasteiger partial charge in [-0.25, -0.2) is 4.98 Å². The molecule has 0 aliphatic carbocycles. The van der Waals surface area contributed by atoms with Crippen molar-refractivity contribution in [3.05, 3.63) is 21.4 Å². The summed E-state index contributed by atoms with van der Waals surface area (Å²) in [5.41, 5.74) is 6.09. The fourth-order valence-electron chi connectivity index (χ4n) is 0.829. The van der Waals surface area contributed by atoms with Gasteiger partial charge in [-0.05, 0) is 22.0 Å². The number of nitrogens with zero attached hydrogens (tertiary/aromatic N) is 1. The Kier molecular flexibility index (Phi) is 3.11. The van der Waals surface area contributed by atoms with Crippen LogP contribution in [0.25, 0.3) is 0 Å². The molecule has 4 nitrogen and oxygen atoms in total. The second-order valence-electron chi connectivity index (χ2n) is 2.37. The van der Waals surface area contributed by atoms with Gasteiger partial charge >= 0.3 is 5.97 Å². The minimum atomic E-state index is -0.994. The number of anilines is 1. The van der Waals surface area contributed by atoms with Crippen LogP contribution in [-0.4, -0.2) is 16.1 Å². The van der Waals surface area contributed by atoms with Gasteiger partial charge < -0.3 is 10.8 Å². The molecule has 0 bridgehead atoms. The first-order valence-corrected chi connectivity index (χ1v) is 4.50. The number of nitrogens with two attached hydrogens (primary N) is 1. The molecule has 13 heavy (non-hydrogen) atoms. The molecule has 0 fully saturated rings. The van der Waals surface area contributed by atoms with Gasteiger partial charge in [0.25, 0.3) is 0 Å². The van der Waals surface area contributed by atoms with E-state index in [9.17, 15) is 4.79 Å². The second kappa shape index (κ2) is 3.93. The van der Waals surface area contributed by atoms with Crippen molar-refractivity contribution in [2.75, 3.05) is 5.73 Å². The van der Waals surface area contributed by atoms with E-state index in [0.29, 0.717) is 10.3 Å². The number of nitrogen functional groups attached to an aromatic ring is 1. The Morgan fingerprint density at radius 3 is 2.92 bits per heavy atom. The van der Waals surface area contributed by atoms with E-state index in [2.05, 4.69) is 20.9 Å². The highest BCUT2D eigenvalue weighted by Crippen LogP contribution is 2.25. The van der Waals surface area contributed by atoms with Crippen molar-refractivity contribution in [3.63, 3.8) is 0 Å². The lowest BCUT2D eigenvalue weighted by atomic mass is 10.2. The Balaban J connectivity index is 3.12. The maximum Gasteiger partial charge on any atom is 0.309 e. The zero-order chi connectivity index (χ0) is 10.0. The van der Waals surface area contributed by atoms with Crippen molar-refractivity contribution in [3.8, 4) is 0 Å². The molecule has 0 spiro atoms. The van der Waals surface area contributed by atoms with Crippen LogP contribution < -0.4 is 5.73 Å². The third-order valence-electron chi connectivity index (χ3n) is 1.34. The zero-order valence-corrected chi connectivity index (χ0v) is 8.76. The highest BCUT2D eigenvalue weighted by Gasteiger charge is 2.10. The van der Waals surface area contributed by atoms with Crippen LogP contribution in [-0.2, 0) is 11.2 Å². The summed E-state index contributed by atoms with van der Waals surface area (Å²) < 4.78 is 0.477. The van der Waals surface area contributed by atoms with Crippen LogP contribution >= 0.6 is 27.5 Å². The Labute approximate surface area is 87.8 Å². The van der Waals surface area contributed by atoms with Crippen LogP contribution in [0.1, 0.15) is 5.69 Å². The molecule has 1 aromatic rings. The molecule has 0 saturated heterocycles. The summed E-state index contributed by atoms with van der Waals surface area (Å²) in [7, 11) is 0. The third kappa shape index (κ3) is 2.57. The predicted molar refractivity (Wildman–Crippen MR) is 52.7 cm³/mol. The number of aliphatic carboxylic acids is 1. The monoisotopic (exact) mass is 264 g/mol. The number of carboxylic acids is 1. The molecule has 0 aliphatic rings. The number of hydrogen-bond donors (Lipinski definition) is 2. The van der Waals surface area contributed by atoms with Crippen molar-refractivity contribution in [2.45, 2.75) is 6.42 Å². The molecule has 0 radical (unpaired) electrons. The first-order valence-electron chi connectivity index (χ1n) is 3.33. The summed E-state index contributed by atoms with van der Waals surface area (Å²) in [4.78, 5) is 14.3. The summed E-state index contributed by atoms with van der Waals surface area (Å²) in [6.45, 7) is 0. The fraction of sp³-hybridized carbons (Fsp3) is 0.143. The van der Waals surface area contributed by atoms with Gasteiger partial charge in [0, 0.05) is 0 Å². The van der Waals surface area contributed by atoms with Gasteiger partial charge in [-0.15, -0.1) is 0 Å². The van der Waals surface area contributed by atoms with E-state index in [1.807, 2.05) is 0 Å². The molecule has 0 unspecified atom stereocenters. The normalized spacial score (nSPS) is 10.0. The molecule has 70 valence electrons. The van der Waals surface area contributed by atoms with E-state index in [4.69, 9.17) is 22.4 Å². The molecule has 3 N–H and O–H groups in total. The van der Waals surface area contributed by atoms with Gasteiger partial charge in [0.2, 0.25) is 0 Å². The Bertz CT molecular complexity index is 357. The smallest absolute Gasteiger partial charge is 0.309 e. The molecule has 0 aliphatic heterocycles. The van der Waals surface area contributed by atoms with E-state index in [1.54, 1.807) is 0 Å². The van der Waals surface area contributed by atoms with E-state index < -0.39 is 5.97 Å². The molecule has 6 heteroatoms. The van der Waals surface area contributed by atoms with Crippen LogP contribution in [0.3, 0.4) is 0 Å². The van der Waals surface area contributed by atoms with Crippen LogP contribution in [0.5, 0.6) is 0 Å². The molecule has 1 rings (SSSR count).